The fourth-order valence-electron chi connectivity index (χ4n) is 1.53. The number of rotatable bonds is 7. The van der Waals surface area contributed by atoms with Crippen molar-refractivity contribution in [2.45, 2.75) is 18.9 Å². The fraction of sp³-hybridized carbons (Fsp3) is 0.400. The zero-order chi connectivity index (χ0) is 15.0. The van der Waals surface area contributed by atoms with Crippen molar-refractivity contribution in [2.75, 3.05) is 26.0 Å². The molecule has 0 heterocycles. The standard InChI is InChI=1S/C15H22N2O3/c1-15(19,9-10-20-2)11-17-14(18)8-5-12-3-6-13(16)7-4-12/h3-8,19H,9-11,16H2,1-2H3,(H,17,18)/b8-5+. The van der Waals surface area contributed by atoms with Crippen LogP contribution in [0.1, 0.15) is 18.9 Å². The normalized spacial score (nSPS) is 14.2. The molecule has 1 unspecified atom stereocenters. The smallest absolute Gasteiger partial charge is 0.244 e. The molecule has 20 heavy (non-hydrogen) atoms. The van der Waals surface area contributed by atoms with Gasteiger partial charge in [-0.1, -0.05) is 12.1 Å². The summed E-state index contributed by atoms with van der Waals surface area (Å²) in [6.45, 7) is 2.29. The largest absolute Gasteiger partial charge is 0.399 e. The van der Waals surface area contributed by atoms with Gasteiger partial charge in [0.2, 0.25) is 5.91 Å². The van der Waals surface area contributed by atoms with Gasteiger partial charge in [0.15, 0.2) is 0 Å². The topological polar surface area (TPSA) is 84.6 Å². The molecule has 0 bridgehead atoms. The van der Waals surface area contributed by atoms with Crippen LogP contribution in [0.2, 0.25) is 0 Å². The molecule has 0 radical (unpaired) electrons. The summed E-state index contributed by atoms with van der Waals surface area (Å²) in [4.78, 5) is 11.6. The minimum atomic E-state index is -0.972. The van der Waals surface area contributed by atoms with Crippen LogP contribution in [0.5, 0.6) is 0 Å². The van der Waals surface area contributed by atoms with Gasteiger partial charge < -0.3 is 20.9 Å². The first kappa shape index (κ1) is 16.2. The highest BCUT2D eigenvalue weighted by Gasteiger charge is 2.20. The van der Waals surface area contributed by atoms with E-state index in [1.54, 1.807) is 32.2 Å². The molecule has 110 valence electrons. The second-order valence-electron chi connectivity index (χ2n) is 4.96. The third-order valence-corrected chi connectivity index (χ3v) is 2.85. The predicted molar refractivity (Wildman–Crippen MR) is 80.0 cm³/mol. The number of aliphatic hydroxyl groups is 1. The Bertz CT molecular complexity index is 453. The summed E-state index contributed by atoms with van der Waals surface area (Å²) >= 11 is 0. The van der Waals surface area contributed by atoms with Crippen molar-refractivity contribution in [2.24, 2.45) is 0 Å². The molecule has 5 nitrogen and oxygen atoms in total. The van der Waals surface area contributed by atoms with Gasteiger partial charge in [0.05, 0.1) is 5.60 Å². The number of carbonyl (C=O) groups excluding carboxylic acids is 1. The lowest BCUT2D eigenvalue weighted by Crippen LogP contribution is -2.40. The Hall–Kier alpha value is -1.85. The number of hydrogen-bond donors (Lipinski definition) is 3. The number of nitrogens with two attached hydrogens (primary N) is 1. The van der Waals surface area contributed by atoms with Crippen molar-refractivity contribution in [1.82, 2.24) is 5.32 Å². The minimum absolute atomic E-state index is 0.182. The van der Waals surface area contributed by atoms with Crippen LogP contribution < -0.4 is 11.1 Å². The lowest BCUT2D eigenvalue weighted by Gasteiger charge is -2.22. The average molecular weight is 278 g/mol. The number of nitrogen functional groups attached to an aromatic ring is 1. The third-order valence-electron chi connectivity index (χ3n) is 2.85. The number of methoxy groups -OCH3 is 1. The Labute approximate surface area is 119 Å². The van der Waals surface area contributed by atoms with E-state index in [1.165, 1.54) is 6.08 Å². The predicted octanol–water partition coefficient (Wildman–Crippen LogP) is 1.19. The number of carbonyl (C=O) groups is 1. The molecule has 5 heteroatoms. The van der Waals surface area contributed by atoms with Crippen molar-refractivity contribution in [3.05, 3.63) is 35.9 Å². The van der Waals surface area contributed by atoms with E-state index in [9.17, 15) is 9.90 Å². The number of benzene rings is 1. The van der Waals surface area contributed by atoms with Crippen molar-refractivity contribution < 1.29 is 14.6 Å². The number of nitrogens with one attached hydrogen (secondary N) is 1. The number of ether oxygens (including phenoxy) is 1. The van der Waals surface area contributed by atoms with Gasteiger partial charge >= 0.3 is 0 Å². The van der Waals surface area contributed by atoms with E-state index in [1.807, 2.05) is 12.1 Å². The molecule has 0 aliphatic heterocycles. The van der Waals surface area contributed by atoms with E-state index in [0.717, 1.165) is 5.56 Å². The molecule has 0 aromatic heterocycles. The van der Waals surface area contributed by atoms with E-state index >= 15 is 0 Å². The molecule has 0 aliphatic rings. The molecule has 1 amide bonds. The second-order valence-corrected chi connectivity index (χ2v) is 4.96. The summed E-state index contributed by atoms with van der Waals surface area (Å²) in [7, 11) is 1.57. The van der Waals surface area contributed by atoms with Gasteiger partial charge in [-0.15, -0.1) is 0 Å². The molecular formula is C15H22N2O3. The number of anilines is 1. The second kappa shape index (κ2) is 7.67. The van der Waals surface area contributed by atoms with Crippen LogP contribution in [-0.4, -0.2) is 36.9 Å². The first-order chi connectivity index (χ1) is 9.43. The maximum atomic E-state index is 11.6. The van der Waals surface area contributed by atoms with Gasteiger partial charge in [0.1, 0.15) is 0 Å². The summed E-state index contributed by atoms with van der Waals surface area (Å²) in [6, 6.07) is 7.20. The Kier molecular flexibility index (Phi) is 6.21. The van der Waals surface area contributed by atoms with Crippen LogP contribution in [-0.2, 0) is 9.53 Å². The maximum absolute atomic E-state index is 11.6. The van der Waals surface area contributed by atoms with Gasteiger partial charge in [-0.25, -0.2) is 0 Å². The summed E-state index contributed by atoms with van der Waals surface area (Å²) < 4.78 is 4.90. The number of amides is 1. The third kappa shape index (κ3) is 6.36. The van der Waals surface area contributed by atoms with Gasteiger partial charge in [-0.3, -0.25) is 4.79 Å². The van der Waals surface area contributed by atoms with Gasteiger partial charge in [-0.05, 0) is 30.7 Å². The molecule has 1 aromatic carbocycles. The molecule has 0 fully saturated rings. The molecule has 4 N–H and O–H groups in total. The monoisotopic (exact) mass is 278 g/mol. The lowest BCUT2D eigenvalue weighted by atomic mass is 10.0. The molecule has 0 saturated carbocycles. The summed E-state index contributed by atoms with van der Waals surface area (Å²) in [5.41, 5.74) is 6.18. The molecule has 0 aliphatic carbocycles. The quantitative estimate of drug-likeness (QED) is 0.516. The van der Waals surface area contributed by atoms with E-state index < -0.39 is 5.60 Å². The Morgan fingerprint density at radius 3 is 2.70 bits per heavy atom. The Morgan fingerprint density at radius 2 is 2.10 bits per heavy atom. The van der Waals surface area contributed by atoms with Crippen LogP contribution in [0.15, 0.2) is 30.3 Å². The minimum Gasteiger partial charge on any atom is -0.399 e. The van der Waals surface area contributed by atoms with Crippen LogP contribution in [0.3, 0.4) is 0 Å². The van der Waals surface area contributed by atoms with Gasteiger partial charge in [0, 0.05) is 38.4 Å². The average Bonchev–Trinajstić information content (AvgIpc) is 2.42. The van der Waals surface area contributed by atoms with E-state index in [2.05, 4.69) is 5.32 Å². The zero-order valence-electron chi connectivity index (χ0n) is 11.9. The summed E-state index contributed by atoms with van der Waals surface area (Å²) in [5.74, 6) is -0.250. The van der Waals surface area contributed by atoms with E-state index in [0.29, 0.717) is 18.7 Å². The summed E-state index contributed by atoms with van der Waals surface area (Å²) in [5, 5.41) is 12.6. The molecule has 1 aromatic rings. The van der Waals surface area contributed by atoms with Gasteiger partial charge in [-0.2, -0.15) is 0 Å². The molecular weight excluding hydrogens is 256 g/mol. The van der Waals surface area contributed by atoms with Crippen LogP contribution >= 0.6 is 0 Å². The first-order valence-corrected chi connectivity index (χ1v) is 6.46. The van der Waals surface area contributed by atoms with Crippen LogP contribution in [0, 0.1) is 0 Å². The van der Waals surface area contributed by atoms with E-state index in [4.69, 9.17) is 10.5 Å². The van der Waals surface area contributed by atoms with Crippen molar-refractivity contribution >= 4 is 17.7 Å². The van der Waals surface area contributed by atoms with Crippen LogP contribution in [0.4, 0.5) is 5.69 Å². The van der Waals surface area contributed by atoms with Crippen molar-refractivity contribution in [3.63, 3.8) is 0 Å². The molecule has 0 spiro atoms. The van der Waals surface area contributed by atoms with Crippen LogP contribution in [0.25, 0.3) is 6.08 Å². The maximum Gasteiger partial charge on any atom is 0.244 e. The molecule has 1 rings (SSSR count). The van der Waals surface area contributed by atoms with Gasteiger partial charge in [0.25, 0.3) is 0 Å². The fourth-order valence-corrected chi connectivity index (χ4v) is 1.53. The Balaban J connectivity index is 2.41. The highest BCUT2D eigenvalue weighted by molar-refractivity contribution is 5.91. The highest BCUT2D eigenvalue weighted by atomic mass is 16.5. The summed E-state index contributed by atoms with van der Waals surface area (Å²) in [6.07, 6.45) is 3.59. The SMILES string of the molecule is COCCC(C)(O)CNC(=O)/C=C/c1ccc(N)cc1. The number of hydrogen-bond acceptors (Lipinski definition) is 4. The highest BCUT2D eigenvalue weighted by Crippen LogP contribution is 2.08. The first-order valence-electron chi connectivity index (χ1n) is 6.46. The molecule has 0 saturated heterocycles. The molecule has 1 atom stereocenters. The Morgan fingerprint density at radius 1 is 1.45 bits per heavy atom. The van der Waals surface area contributed by atoms with Crippen molar-refractivity contribution in [3.8, 4) is 0 Å². The van der Waals surface area contributed by atoms with E-state index in [-0.39, 0.29) is 12.5 Å². The zero-order valence-corrected chi connectivity index (χ0v) is 11.9. The lowest BCUT2D eigenvalue weighted by molar-refractivity contribution is -0.117. The van der Waals surface area contributed by atoms with Crippen molar-refractivity contribution in [1.29, 1.82) is 0 Å².